The van der Waals surface area contributed by atoms with E-state index in [1.807, 2.05) is 48.5 Å². The number of morpholine rings is 1. The van der Waals surface area contributed by atoms with E-state index in [0.29, 0.717) is 41.3 Å². The van der Waals surface area contributed by atoms with Gasteiger partial charge in [0, 0.05) is 46.3 Å². The Morgan fingerprint density at radius 1 is 1.00 bits per heavy atom. The molecule has 0 radical (unpaired) electrons. The third-order valence-corrected chi connectivity index (χ3v) is 6.70. The van der Waals surface area contributed by atoms with Crippen molar-refractivity contribution in [1.82, 2.24) is 19.7 Å². The quantitative estimate of drug-likeness (QED) is 0.392. The topological polar surface area (TPSA) is 62.1 Å². The van der Waals surface area contributed by atoms with Crippen LogP contribution in [0.15, 0.2) is 59.2 Å². The zero-order valence-electron chi connectivity index (χ0n) is 19.8. The first-order valence-corrected chi connectivity index (χ1v) is 12.4. The second kappa shape index (κ2) is 12.5. The predicted octanol–water partition coefficient (Wildman–Crippen LogP) is 4.59. The molecule has 1 saturated heterocycles. The summed E-state index contributed by atoms with van der Waals surface area (Å²) in [6.45, 7) is 6.70. The van der Waals surface area contributed by atoms with E-state index in [1.54, 1.807) is 11.9 Å². The summed E-state index contributed by atoms with van der Waals surface area (Å²) < 4.78 is 11.2. The minimum absolute atomic E-state index is 0.173. The monoisotopic (exact) mass is 516 g/mol. The van der Waals surface area contributed by atoms with Gasteiger partial charge in [-0.05, 0) is 23.3 Å². The second-order valence-electron chi connectivity index (χ2n) is 8.69. The Morgan fingerprint density at radius 3 is 2.51 bits per heavy atom. The molecule has 0 saturated carbocycles. The third kappa shape index (κ3) is 7.53. The van der Waals surface area contributed by atoms with Crippen molar-refractivity contribution in [1.29, 1.82) is 0 Å². The summed E-state index contributed by atoms with van der Waals surface area (Å²) in [6.07, 6.45) is 1.44. The van der Waals surface area contributed by atoms with Crippen LogP contribution < -0.4 is 0 Å². The third-order valence-electron chi connectivity index (χ3n) is 5.97. The normalized spacial score (nSPS) is 14.4. The largest absolute Gasteiger partial charge is 0.447 e. The van der Waals surface area contributed by atoms with Gasteiger partial charge < -0.3 is 14.1 Å². The van der Waals surface area contributed by atoms with Gasteiger partial charge in [-0.3, -0.25) is 14.6 Å². The number of oxazole rings is 1. The van der Waals surface area contributed by atoms with E-state index in [2.05, 4.69) is 14.8 Å². The highest BCUT2D eigenvalue weighted by atomic mass is 35.5. The van der Waals surface area contributed by atoms with Gasteiger partial charge in [-0.1, -0.05) is 59.6 Å². The molecular formula is C26H30Cl2N4O3. The molecule has 1 aliphatic rings. The summed E-state index contributed by atoms with van der Waals surface area (Å²) in [5, 5.41) is 1.06. The zero-order chi connectivity index (χ0) is 24.6. The number of carbonyl (C=O) groups excluding carboxylic acids is 1. The number of hydrogen-bond donors (Lipinski definition) is 0. The lowest BCUT2D eigenvalue weighted by Crippen LogP contribution is -2.41. The number of amides is 1. The van der Waals surface area contributed by atoms with Gasteiger partial charge in [0.1, 0.15) is 6.26 Å². The van der Waals surface area contributed by atoms with Crippen molar-refractivity contribution in [2.24, 2.45) is 0 Å². The maximum absolute atomic E-state index is 12.9. The number of ether oxygens (including phenoxy) is 1. The Hall–Kier alpha value is -2.42. The van der Waals surface area contributed by atoms with Crippen molar-refractivity contribution in [2.45, 2.75) is 19.6 Å². The summed E-state index contributed by atoms with van der Waals surface area (Å²) >= 11 is 12.3. The zero-order valence-corrected chi connectivity index (χ0v) is 21.3. The Morgan fingerprint density at radius 2 is 1.77 bits per heavy atom. The SMILES string of the molecule is CN(Cc1ccccc1)C(=O)c1coc(CN(CCN2CCOCC2)Cc2ccc(Cl)c(Cl)c2)n1. The fraction of sp³-hybridized carbons (Fsp3) is 0.385. The fourth-order valence-corrected chi connectivity index (χ4v) is 4.34. The minimum Gasteiger partial charge on any atom is -0.447 e. The molecule has 4 rings (SSSR count). The summed E-state index contributed by atoms with van der Waals surface area (Å²) in [5.41, 5.74) is 2.41. The van der Waals surface area contributed by atoms with Crippen molar-refractivity contribution in [3.63, 3.8) is 0 Å². The Labute approximate surface area is 216 Å². The van der Waals surface area contributed by atoms with E-state index in [-0.39, 0.29) is 5.91 Å². The molecule has 1 aliphatic heterocycles. The lowest BCUT2D eigenvalue weighted by Gasteiger charge is -2.29. The van der Waals surface area contributed by atoms with E-state index in [1.165, 1.54) is 6.26 Å². The van der Waals surface area contributed by atoms with Crippen LogP contribution in [0.25, 0.3) is 0 Å². The van der Waals surface area contributed by atoms with Crippen LogP contribution in [0.5, 0.6) is 0 Å². The van der Waals surface area contributed by atoms with E-state index in [4.69, 9.17) is 32.4 Å². The van der Waals surface area contributed by atoms with Gasteiger partial charge in [0.05, 0.1) is 29.8 Å². The number of halogens is 2. The molecule has 1 aromatic heterocycles. The van der Waals surface area contributed by atoms with Crippen molar-refractivity contribution >= 4 is 29.1 Å². The molecule has 7 nitrogen and oxygen atoms in total. The molecule has 0 N–H and O–H groups in total. The van der Waals surface area contributed by atoms with Crippen LogP contribution in [0, 0.1) is 0 Å². The first kappa shape index (κ1) is 25.7. The number of benzene rings is 2. The summed E-state index contributed by atoms with van der Waals surface area (Å²) in [7, 11) is 1.77. The van der Waals surface area contributed by atoms with Crippen LogP contribution in [0.3, 0.4) is 0 Å². The molecule has 0 bridgehead atoms. The van der Waals surface area contributed by atoms with Gasteiger partial charge in [0.2, 0.25) is 5.89 Å². The van der Waals surface area contributed by atoms with Crippen LogP contribution in [0.2, 0.25) is 10.0 Å². The average molecular weight is 517 g/mol. The predicted molar refractivity (Wildman–Crippen MR) is 137 cm³/mol. The van der Waals surface area contributed by atoms with Crippen molar-refractivity contribution in [3.8, 4) is 0 Å². The first-order chi connectivity index (χ1) is 17.0. The van der Waals surface area contributed by atoms with Crippen LogP contribution >= 0.6 is 23.2 Å². The molecule has 2 aromatic carbocycles. The van der Waals surface area contributed by atoms with Crippen LogP contribution in [-0.4, -0.2) is 72.0 Å². The smallest absolute Gasteiger partial charge is 0.275 e. The van der Waals surface area contributed by atoms with Gasteiger partial charge in [-0.2, -0.15) is 0 Å². The highest BCUT2D eigenvalue weighted by molar-refractivity contribution is 6.42. The van der Waals surface area contributed by atoms with E-state index in [9.17, 15) is 4.79 Å². The van der Waals surface area contributed by atoms with Crippen LogP contribution in [-0.2, 0) is 24.4 Å². The maximum atomic E-state index is 12.9. The Bertz CT molecular complexity index is 1100. The number of nitrogens with zero attached hydrogens (tertiary/aromatic N) is 4. The summed E-state index contributed by atoms with van der Waals surface area (Å²) in [4.78, 5) is 23.6. The number of aromatic nitrogens is 1. The highest BCUT2D eigenvalue weighted by Gasteiger charge is 2.20. The lowest BCUT2D eigenvalue weighted by molar-refractivity contribution is 0.0320. The van der Waals surface area contributed by atoms with E-state index in [0.717, 1.165) is 50.5 Å². The molecule has 3 aromatic rings. The molecular weight excluding hydrogens is 487 g/mol. The fourth-order valence-electron chi connectivity index (χ4n) is 4.02. The number of carbonyl (C=O) groups is 1. The maximum Gasteiger partial charge on any atom is 0.275 e. The molecule has 0 unspecified atom stereocenters. The molecule has 0 atom stereocenters. The summed E-state index contributed by atoms with van der Waals surface area (Å²) in [5.74, 6) is 0.330. The Balaban J connectivity index is 1.41. The average Bonchev–Trinajstić information content (AvgIpc) is 3.34. The summed E-state index contributed by atoms with van der Waals surface area (Å²) in [6, 6.07) is 15.5. The van der Waals surface area contributed by atoms with E-state index < -0.39 is 0 Å². The molecule has 0 spiro atoms. The van der Waals surface area contributed by atoms with Crippen molar-refractivity contribution < 1.29 is 13.9 Å². The molecule has 35 heavy (non-hydrogen) atoms. The molecule has 0 aliphatic carbocycles. The van der Waals surface area contributed by atoms with Crippen LogP contribution in [0.1, 0.15) is 27.5 Å². The van der Waals surface area contributed by atoms with Crippen molar-refractivity contribution in [2.75, 3.05) is 46.4 Å². The van der Waals surface area contributed by atoms with Gasteiger partial charge in [0.25, 0.3) is 5.91 Å². The lowest BCUT2D eigenvalue weighted by atomic mass is 10.2. The molecule has 1 amide bonds. The molecule has 2 heterocycles. The molecule has 9 heteroatoms. The van der Waals surface area contributed by atoms with Gasteiger partial charge in [0.15, 0.2) is 5.69 Å². The van der Waals surface area contributed by atoms with Crippen molar-refractivity contribution in [3.05, 3.63) is 87.6 Å². The van der Waals surface area contributed by atoms with Crippen LogP contribution in [0.4, 0.5) is 0 Å². The van der Waals surface area contributed by atoms with E-state index >= 15 is 0 Å². The minimum atomic E-state index is -0.173. The van der Waals surface area contributed by atoms with Gasteiger partial charge >= 0.3 is 0 Å². The van der Waals surface area contributed by atoms with Gasteiger partial charge in [-0.25, -0.2) is 4.98 Å². The standard InChI is InChI=1S/C26H30Cl2N4O3/c1-30(16-20-5-3-2-4-6-20)26(33)24-19-35-25(29-24)18-32(10-9-31-11-13-34-14-12-31)17-21-7-8-22(27)23(28)15-21/h2-8,15,19H,9-14,16-18H2,1H3. The number of rotatable bonds is 10. The second-order valence-corrected chi connectivity index (χ2v) is 9.50. The molecule has 1 fully saturated rings. The highest BCUT2D eigenvalue weighted by Crippen LogP contribution is 2.23. The Kier molecular flexibility index (Phi) is 9.18. The molecule has 186 valence electrons. The van der Waals surface area contributed by atoms with Gasteiger partial charge in [-0.15, -0.1) is 0 Å². The number of hydrogen-bond acceptors (Lipinski definition) is 6. The first-order valence-electron chi connectivity index (χ1n) is 11.7.